The van der Waals surface area contributed by atoms with Gasteiger partial charge >= 0.3 is 0 Å². The number of amides is 1. The summed E-state index contributed by atoms with van der Waals surface area (Å²) >= 11 is 0. The fraction of sp³-hybridized carbons (Fsp3) is 0.0909. The Morgan fingerprint density at radius 2 is 1.94 bits per heavy atom. The third-order valence-corrected chi connectivity index (χ3v) is 2.25. The van der Waals surface area contributed by atoms with Crippen LogP contribution in [-0.4, -0.2) is 12.5 Å². The molecule has 0 atom stereocenters. The molecule has 1 aromatic carbocycles. The van der Waals surface area contributed by atoms with Gasteiger partial charge in [0.1, 0.15) is 11.6 Å². The maximum Gasteiger partial charge on any atom is 0.242 e. The molecule has 1 aliphatic heterocycles. The van der Waals surface area contributed by atoms with Crippen LogP contribution in [0.2, 0.25) is 0 Å². The zero-order valence-electron chi connectivity index (χ0n) is 9.10. The third kappa shape index (κ3) is 3.06. The van der Waals surface area contributed by atoms with Crippen molar-refractivity contribution in [2.24, 2.45) is 0 Å². The van der Waals surface area contributed by atoms with Crippen LogP contribution >= 0.6 is 0 Å². The summed E-state index contributed by atoms with van der Waals surface area (Å²) in [6, 6.07) is 2.06. The summed E-state index contributed by atoms with van der Waals surface area (Å²) in [6.07, 6.45) is 2.48. The number of carbonyl (C=O) groups is 1. The number of rotatable bonds is 1. The minimum absolute atomic E-state index is 0. The van der Waals surface area contributed by atoms with E-state index in [2.05, 4.69) is 5.32 Å². The number of benzene rings is 1. The molecule has 0 bridgehead atoms. The van der Waals surface area contributed by atoms with Crippen molar-refractivity contribution in [2.45, 2.75) is 0 Å². The number of hydrogen-bond donors (Lipinski definition) is 2. The first-order chi connectivity index (χ1) is 8.08. The summed E-state index contributed by atoms with van der Waals surface area (Å²) in [4.78, 5) is 12.2. The molecular weight excluding hydrogens is 335 g/mol. The van der Waals surface area contributed by atoms with Gasteiger partial charge in [-0.1, -0.05) is 6.54 Å². The van der Waals surface area contributed by atoms with Gasteiger partial charge in [-0.25, -0.2) is 15.3 Å². The molecule has 0 radical (unpaired) electrons. The molecule has 1 amide bonds. The van der Waals surface area contributed by atoms with Gasteiger partial charge in [-0.15, -0.1) is 0 Å². The smallest absolute Gasteiger partial charge is 0.242 e. The second-order valence-corrected chi connectivity index (χ2v) is 3.48. The maximum absolute atomic E-state index is 13.6. The summed E-state index contributed by atoms with van der Waals surface area (Å²) in [5, 5.41) is 2.50. The van der Waals surface area contributed by atoms with Gasteiger partial charge in [-0.2, -0.15) is 0 Å². The van der Waals surface area contributed by atoms with Crippen LogP contribution in [0.3, 0.4) is 0 Å². The van der Waals surface area contributed by atoms with E-state index in [1.165, 1.54) is 23.7 Å². The van der Waals surface area contributed by atoms with E-state index in [0.29, 0.717) is 0 Å². The molecule has 0 saturated heterocycles. The predicted octanol–water partition coefficient (Wildman–Crippen LogP) is 1.16. The SMILES string of the molecule is Nc1cc(F)c(N2C=CC(=O)NC[CH-]2)c(F)c1.[Pd]. The standard InChI is InChI=1S/C11H10F2N3O.Pd/c12-8-5-7(14)6-9(13)11(8)16-3-1-10(17)15-2-4-16;/h1,3-6H,2,14H2,(H,15,17);/q-1;. The average Bonchev–Trinajstić information content (AvgIpc) is 2.42. The Bertz CT molecular complexity index is 470. The minimum Gasteiger partial charge on any atom is -0.494 e. The molecule has 0 fully saturated rings. The van der Waals surface area contributed by atoms with E-state index in [0.717, 1.165) is 12.1 Å². The number of halogens is 2. The van der Waals surface area contributed by atoms with Gasteiger partial charge in [0.15, 0.2) is 0 Å². The van der Waals surface area contributed by atoms with Gasteiger partial charge in [-0.3, -0.25) is 4.79 Å². The van der Waals surface area contributed by atoms with E-state index in [1.807, 2.05) is 0 Å². The molecule has 7 heteroatoms. The number of nitrogens with one attached hydrogen (secondary N) is 1. The van der Waals surface area contributed by atoms with Crippen LogP contribution in [-0.2, 0) is 25.2 Å². The summed E-state index contributed by atoms with van der Waals surface area (Å²) in [5.74, 6) is -1.88. The fourth-order valence-electron chi connectivity index (χ4n) is 1.51. The van der Waals surface area contributed by atoms with Crippen LogP contribution in [0.5, 0.6) is 0 Å². The van der Waals surface area contributed by atoms with Gasteiger partial charge in [-0.05, 0) is 18.3 Å². The van der Waals surface area contributed by atoms with Crippen molar-refractivity contribution in [2.75, 3.05) is 17.2 Å². The Morgan fingerprint density at radius 3 is 2.56 bits per heavy atom. The molecule has 1 heterocycles. The molecule has 3 N–H and O–H groups in total. The molecule has 2 rings (SSSR count). The molecule has 0 aromatic heterocycles. The van der Waals surface area contributed by atoms with E-state index < -0.39 is 11.6 Å². The van der Waals surface area contributed by atoms with E-state index in [4.69, 9.17) is 5.73 Å². The Hall–Kier alpha value is -1.45. The third-order valence-electron chi connectivity index (χ3n) is 2.25. The molecule has 0 saturated carbocycles. The summed E-state index contributed by atoms with van der Waals surface area (Å²) in [5.41, 5.74) is 5.07. The average molecular weight is 345 g/mol. The Morgan fingerprint density at radius 1 is 1.33 bits per heavy atom. The molecule has 100 valence electrons. The number of nitrogen functional groups attached to an aromatic ring is 1. The minimum atomic E-state index is -0.780. The predicted molar refractivity (Wildman–Crippen MR) is 59.7 cm³/mol. The van der Waals surface area contributed by atoms with Crippen molar-refractivity contribution in [1.29, 1.82) is 0 Å². The number of carbonyl (C=O) groups excluding carboxylic acids is 1. The van der Waals surface area contributed by atoms with Crippen molar-refractivity contribution >= 4 is 17.3 Å². The van der Waals surface area contributed by atoms with Crippen molar-refractivity contribution in [3.8, 4) is 0 Å². The molecular formula is C11H10F2N3OPd-. The molecule has 0 unspecified atom stereocenters. The molecule has 4 nitrogen and oxygen atoms in total. The first kappa shape index (κ1) is 14.6. The maximum atomic E-state index is 13.6. The first-order valence-corrected chi connectivity index (χ1v) is 4.90. The van der Waals surface area contributed by atoms with Gasteiger partial charge in [0, 0.05) is 32.2 Å². The van der Waals surface area contributed by atoms with Crippen LogP contribution < -0.4 is 16.0 Å². The van der Waals surface area contributed by atoms with Crippen LogP contribution in [0, 0.1) is 18.2 Å². The second-order valence-electron chi connectivity index (χ2n) is 3.48. The van der Waals surface area contributed by atoms with Crippen molar-refractivity contribution in [3.63, 3.8) is 0 Å². The Kier molecular flexibility index (Phi) is 4.82. The van der Waals surface area contributed by atoms with E-state index in [9.17, 15) is 13.6 Å². The fourth-order valence-corrected chi connectivity index (χ4v) is 1.51. The molecule has 0 aliphatic carbocycles. The van der Waals surface area contributed by atoms with E-state index >= 15 is 0 Å². The Labute approximate surface area is 116 Å². The van der Waals surface area contributed by atoms with Crippen LogP contribution in [0.4, 0.5) is 20.2 Å². The first-order valence-electron chi connectivity index (χ1n) is 4.90. The van der Waals surface area contributed by atoms with Crippen LogP contribution in [0.25, 0.3) is 0 Å². The van der Waals surface area contributed by atoms with Crippen LogP contribution in [0.1, 0.15) is 0 Å². The van der Waals surface area contributed by atoms with Crippen molar-refractivity contribution < 1.29 is 34.0 Å². The van der Waals surface area contributed by atoms with E-state index in [-0.39, 0.29) is 44.2 Å². The quantitative estimate of drug-likeness (QED) is 0.456. The summed E-state index contributed by atoms with van der Waals surface area (Å²) < 4.78 is 27.2. The molecule has 1 aliphatic rings. The van der Waals surface area contributed by atoms with Gasteiger partial charge in [0.05, 0.1) is 5.69 Å². The molecule has 0 spiro atoms. The largest absolute Gasteiger partial charge is 0.494 e. The summed E-state index contributed by atoms with van der Waals surface area (Å²) in [7, 11) is 0. The zero-order chi connectivity index (χ0) is 12.4. The zero-order valence-corrected chi connectivity index (χ0v) is 10.7. The second kappa shape index (κ2) is 5.94. The number of nitrogens with two attached hydrogens (primary N) is 1. The van der Waals surface area contributed by atoms with Gasteiger partial charge in [0.25, 0.3) is 0 Å². The molecule has 18 heavy (non-hydrogen) atoms. The number of hydrogen-bond acceptors (Lipinski definition) is 3. The monoisotopic (exact) mass is 344 g/mol. The molecule has 1 aromatic rings. The van der Waals surface area contributed by atoms with Crippen LogP contribution in [0.15, 0.2) is 24.4 Å². The normalized spacial score (nSPS) is 14.8. The number of nitrogens with zero attached hydrogens (tertiary/aromatic N) is 1. The van der Waals surface area contributed by atoms with E-state index in [1.54, 1.807) is 0 Å². The summed E-state index contributed by atoms with van der Waals surface area (Å²) in [6.45, 7) is 1.65. The van der Waals surface area contributed by atoms with Crippen molar-refractivity contribution in [1.82, 2.24) is 5.32 Å². The number of anilines is 2. The van der Waals surface area contributed by atoms with Crippen molar-refractivity contribution in [3.05, 3.63) is 42.6 Å². The van der Waals surface area contributed by atoms with Gasteiger partial charge < -0.3 is 16.0 Å². The topological polar surface area (TPSA) is 58.4 Å². The van der Waals surface area contributed by atoms with Gasteiger partial charge in [0.2, 0.25) is 5.91 Å². The Balaban J connectivity index is 0.00000162.